The Labute approximate surface area is 90.5 Å². The molecule has 0 saturated heterocycles. The average Bonchev–Trinajstić information content (AvgIpc) is 2.66. The normalized spacial score (nSPS) is 27.8. The van der Waals surface area contributed by atoms with E-state index in [2.05, 4.69) is 19.9 Å². The molecule has 2 heteroatoms. The zero-order chi connectivity index (χ0) is 11.2. The summed E-state index contributed by atoms with van der Waals surface area (Å²) in [6, 6.07) is 5.29. The molecule has 1 saturated carbocycles. The number of halogens is 1. The molecule has 0 radical (unpaired) electrons. The molecule has 1 aliphatic carbocycles. The van der Waals surface area contributed by atoms with E-state index in [-0.39, 0.29) is 11.2 Å². The van der Waals surface area contributed by atoms with Crippen LogP contribution >= 0.6 is 0 Å². The SMILES string of the molecule is Cc1cc(F)cc([C@@H]2[C@@H](CN)C2(C)C)c1. The minimum atomic E-state index is -0.136. The van der Waals surface area contributed by atoms with E-state index in [1.54, 1.807) is 12.1 Å². The fourth-order valence-corrected chi connectivity index (χ4v) is 2.79. The van der Waals surface area contributed by atoms with E-state index >= 15 is 0 Å². The van der Waals surface area contributed by atoms with Crippen molar-refractivity contribution < 1.29 is 4.39 Å². The lowest BCUT2D eigenvalue weighted by Gasteiger charge is -2.04. The Morgan fingerprint density at radius 2 is 2.00 bits per heavy atom. The van der Waals surface area contributed by atoms with Gasteiger partial charge in [0.1, 0.15) is 5.82 Å². The predicted molar refractivity (Wildman–Crippen MR) is 60.2 cm³/mol. The van der Waals surface area contributed by atoms with Crippen LogP contribution in [0.3, 0.4) is 0 Å². The van der Waals surface area contributed by atoms with E-state index in [1.807, 2.05) is 6.92 Å². The third-order valence-electron chi connectivity index (χ3n) is 3.73. The molecule has 2 rings (SSSR count). The third-order valence-corrected chi connectivity index (χ3v) is 3.73. The smallest absolute Gasteiger partial charge is 0.123 e. The molecule has 0 aromatic heterocycles. The second-order valence-electron chi connectivity index (χ2n) is 5.20. The summed E-state index contributed by atoms with van der Waals surface area (Å²) in [5.74, 6) is 0.791. The topological polar surface area (TPSA) is 26.0 Å². The zero-order valence-electron chi connectivity index (χ0n) is 9.55. The van der Waals surface area contributed by atoms with Crippen molar-refractivity contribution in [3.05, 3.63) is 35.1 Å². The van der Waals surface area contributed by atoms with Crippen molar-refractivity contribution in [2.45, 2.75) is 26.7 Å². The molecule has 0 heterocycles. The maximum absolute atomic E-state index is 13.3. The lowest BCUT2D eigenvalue weighted by Crippen LogP contribution is -2.05. The van der Waals surface area contributed by atoms with Gasteiger partial charge in [0.15, 0.2) is 0 Å². The van der Waals surface area contributed by atoms with Crippen molar-refractivity contribution in [3.8, 4) is 0 Å². The van der Waals surface area contributed by atoms with E-state index in [0.717, 1.165) is 11.1 Å². The van der Waals surface area contributed by atoms with Crippen LogP contribution in [-0.2, 0) is 0 Å². The minimum absolute atomic E-state index is 0.136. The van der Waals surface area contributed by atoms with Crippen LogP contribution in [0.2, 0.25) is 0 Å². The van der Waals surface area contributed by atoms with Gasteiger partial charge in [0, 0.05) is 0 Å². The van der Waals surface area contributed by atoms with Crippen LogP contribution in [0, 0.1) is 24.1 Å². The van der Waals surface area contributed by atoms with Crippen LogP contribution in [0.25, 0.3) is 0 Å². The molecule has 0 bridgehead atoms. The van der Waals surface area contributed by atoms with E-state index in [0.29, 0.717) is 18.4 Å². The van der Waals surface area contributed by atoms with Crippen molar-refractivity contribution in [1.29, 1.82) is 0 Å². The summed E-state index contributed by atoms with van der Waals surface area (Å²) in [4.78, 5) is 0. The quantitative estimate of drug-likeness (QED) is 0.793. The van der Waals surface area contributed by atoms with E-state index in [9.17, 15) is 4.39 Å². The first-order valence-electron chi connectivity index (χ1n) is 5.44. The Morgan fingerprint density at radius 1 is 1.33 bits per heavy atom. The molecule has 0 spiro atoms. The highest BCUT2D eigenvalue weighted by molar-refractivity contribution is 5.35. The largest absolute Gasteiger partial charge is 0.330 e. The molecular weight excluding hydrogens is 189 g/mol. The Hall–Kier alpha value is -0.890. The molecule has 82 valence electrons. The second kappa shape index (κ2) is 3.31. The van der Waals surface area contributed by atoms with Gasteiger partial charge in [-0.05, 0) is 54.0 Å². The third kappa shape index (κ3) is 1.67. The fourth-order valence-electron chi connectivity index (χ4n) is 2.79. The Balaban J connectivity index is 2.32. The van der Waals surface area contributed by atoms with Gasteiger partial charge in [-0.25, -0.2) is 4.39 Å². The predicted octanol–water partition coefficient (Wildman–Crippen LogP) is 2.83. The molecule has 1 aliphatic rings. The standard InChI is InChI=1S/C13H18FN/c1-8-4-9(6-10(14)5-8)12-11(7-15)13(12,2)3/h4-6,11-12H,7,15H2,1-3H3/t11-,12-/m1/s1. The van der Waals surface area contributed by atoms with Crippen LogP contribution in [-0.4, -0.2) is 6.54 Å². The van der Waals surface area contributed by atoms with Crippen LogP contribution < -0.4 is 5.73 Å². The Bertz CT molecular complexity index is 364. The maximum atomic E-state index is 13.3. The van der Waals surface area contributed by atoms with Gasteiger partial charge in [0.2, 0.25) is 0 Å². The summed E-state index contributed by atoms with van der Waals surface area (Å²) in [6.07, 6.45) is 0. The summed E-state index contributed by atoms with van der Waals surface area (Å²) in [7, 11) is 0. The van der Waals surface area contributed by atoms with Crippen molar-refractivity contribution in [2.75, 3.05) is 6.54 Å². The molecule has 1 aromatic rings. The number of nitrogens with two attached hydrogens (primary N) is 1. The molecule has 1 aromatic carbocycles. The number of aryl methyl sites for hydroxylation is 1. The maximum Gasteiger partial charge on any atom is 0.123 e. The number of rotatable bonds is 2. The number of hydrogen-bond donors (Lipinski definition) is 1. The Kier molecular flexibility index (Phi) is 2.34. The minimum Gasteiger partial charge on any atom is -0.330 e. The van der Waals surface area contributed by atoms with Crippen LogP contribution in [0.1, 0.15) is 30.9 Å². The molecule has 2 atom stereocenters. The Morgan fingerprint density at radius 3 is 2.47 bits per heavy atom. The van der Waals surface area contributed by atoms with Crippen molar-refractivity contribution in [2.24, 2.45) is 17.1 Å². The highest BCUT2D eigenvalue weighted by atomic mass is 19.1. The lowest BCUT2D eigenvalue weighted by atomic mass is 10.0. The molecule has 0 amide bonds. The van der Waals surface area contributed by atoms with E-state index in [1.165, 1.54) is 0 Å². The highest BCUT2D eigenvalue weighted by Crippen LogP contribution is 2.63. The van der Waals surface area contributed by atoms with Crippen molar-refractivity contribution in [3.63, 3.8) is 0 Å². The summed E-state index contributed by atoms with van der Waals surface area (Å²) in [5, 5.41) is 0. The second-order valence-corrected chi connectivity index (χ2v) is 5.20. The number of benzene rings is 1. The number of hydrogen-bond acceptors (Lipinski definition) is 1. The molecule has 2 N–H and O–H groups in total. The first-order chi connectivity index (χ1) is 6.96. The molecular formula is C13H18FN. The first kappa shape index (κ1) is 10.6. The van der Waals surface area contributed by atoms with Gasteiger partial charge in [-0.1, -0.05) is 19.9 Å². The van der Waals surface area contributed by atoms with Crippen molar-refractivity contribution in [1.82, 2.24) is 0 Å². The summed E-state index contributed by atoms with van der Waals surface area (Å²) < 4.78 is 13.3. The molecule has 1 fully saturated rings. The van der Waals surface area contributed by atoms with E-state index in [4.69, 9.17) is 5.73 Å². The van der Waals surface area contributed by atoms with Gasteiger partial charge in [0.25, 0.3) is 0 Å². The van der Waals surface area contributed by atoms with Gasteiger partial charge in [-0.3, -0.25) is 0 Å². The monoisotopic (exact) mass is 207 g/mol. The van der Waals surface area contributed by atoms with Crippen molar-refractivity contribution >= 4 is 0 Å². The van der Waals surface area contributed by atoms with Crippen LogP contribution in [0.4, 0.5) is 4.39 Å². The fraction of sp³-hybridized carbons (Fsp3) is 0.538. The van der Waals surface area contributed by atoms with Gasteiger partial charge in [-0.15, -0.1) is 0 Å². The van der Waals surface area contributed by atoms with Crippen LogP contribution in [0.5, 0.6) is 0 Å². The summed E-state index contributed by atoms with van der Waals surface area (Å²) in [6.45, 7) is 7.03. The highest BCUT2D eigenvalue weighted by Gasteiger charge is 2.57. The first-order valence-corrected chi connectivity index (χ1v) is 5.44. The molecule has 0 unspecified atom stereocenters. The zero-order valence-corrected chi connectivity index (χ0v) is 9.55. The van der Waals surface area contributed by atoms with Gasteiger partial charge >= 0.3 is 0 Å². The van der Waals surface area contributed by atoms with Gasteiger partial charge < -0.3 is 5.73 Å². The van der Waals surface area contributed by atoms with Crippen LogP contribution in [0.15, 0.2) is 18.2 Å². The van der Waals surface area contributed by atoms with Gasteiger partial charge in [0.05, 0.1) is 0 Å². The molecule has 0 aliphatic heterocycles. The lowest BCUT2D eigenvalue weighted by molar-refractivity contribution is 0.558. The van der Waals surface area contributed by atoms with E-state index < -0.39 is 0 Å². The molecule has 15 heavy (non-hydrogen) atoms. The summed E-state index contributed by atoms with van der Waals surface area (Å²) in [5.41, 5.74) is 8.04. The van der Waals surface area contributed by atoms with Gasteiger partial charge in [-0.2, -0.15) is 0 Å². The summed E-state index contributed by atoms with van der Waals surface area (Å²) >= 11 is 0. The molecule has 1 nitrogen and oxygen atoms in total. The average molecular weight is 207 g/mol.